The van der Waals surface area contributed by atoms with Gasteiger partial charge in [-0.25, -0.2) is 0 Å². The Morgan fingerprint density at radius 1 is 1.28 bits per heavy atom. The molecular formula is C15H23N3. The van der Waals surface area contributed by atoms with Crippen LogP contribution >= 0.6 is 0 Å². The molecule has 3 heteroatoms. The van der Waals surface area contributed by atoms with Crippen molar-refractivity contribution in [2.45, 2.75) is 39.5 Å². The normalized spacial score (nSPS) is 15.8. The average molecular weight is 245 g/mol. The molecule has 0 heterocycles. The molecule has 1 aromatic carbocycles. The maximum Gasteiger partial charge on any atom is 0.193 e. The number of aliphatic imine (C=N–C) groups is 1. The molecule has 18 heavy (non-hydrogen) atoms. The number of hydrogen-bond acceptors (Lipinski definition) is 1. The van der Waals surface area contributed by atoms with Crippen LogP contribution in [0.25, 0.3) is 0 Å². The molecule has 0 unspecified atom stereocenters. The minimum Gasteiger partial charge on any atom is -0.370 e. The first-order chi connectivity index (χ1) is 8.74. The van der Waals surface area contributed by atoms with E-state index in [1.165, 1.54) is 24.0 Å². The first kappa shape index (κ1) is 12.9. The lowest BCUT2D eigenvalue weighted by Crippen LogP contribution is -2.24. The summed E-state index contributed by atoms with van der Waals surface area (Å²) in [6, 6.07) is 6.41. The molecule has 3 nitrogen and oxygen atoms in total. The Morgan fingerprint density at radius 2 is 1.89 bits per heavy atom. The zero-order chi connectivity index (χ0) is 13.0. The van der Waals surface area contributed by atoms with Crippen LogP contribution in [0.15, 0.2) is 23.2 Å². The molecule has 0 atom stereocenters. The number of hydrogen-bond donors (Lipinski definition) is 2. The number of nitrogens with one attached hydrogen (secondary N) is 1. The van der Waals surface area contributed by atoms with Crippen molar-refractivity contribution in [3.8, 4) is 0 Å². The van der Waals surface area contributed by atoms with Crippen molar-refractivity contribution >= 4 is 11.6 Å². The third-order valence-corrected chi connectivity index (χ3v) is 3.47. The summed E-state index contributed by atoms with van der Waals surface area (Å²) in [6.07, 6.45) is 4.63. The fourth-order valence-corrected chi connectivity index (χ4v) is 2.10. The number of rotatable bonds is 5. The highest BCUT2D eigenvalue weighted by atomic mass is 15.1. The topological polar surface area (TPSA) is 50.4 Å². The molecule has 0 aromatic heterocycles. The van der Waals surface area contributed by atoms with Gasteiger partial charge >= 0.3 is 0 Å². The van der Waals surface area contributed by atoms with Gasteiger partial charge in [-0.1, -0.05) is 32.0 Å². The molecule has 0 bridgehead atoms. The summed E-state index contributed by atoms with van der Waals surface area (Å²) in [5, 5.41) is 3.29. The standard InChI is InChI=1S/C15H23N3/c1-3-12-6-5-7-13(4-2)14(12)18-15(16)17-10-11-8-9-11/h5-7,11H,3-4,8-10H2,1-2H3,(H3,16,17,18). The minimum atomic E-state index is 0.553. The number of para-hydroxylation sites is 1. The number of benzene rings is 1. The van der Waals surface area contributed by atoms with E-state index < -0.39 is 0 Å². The summed E-state index contributed by atoms with van der Waals surface area (Å²) in [7, 11) is 0. The van der Waals surface area contributed by atoms with Gasteiger partial charge in [0.05, 0.1) is 0 Å². The van der Waals surface area contributed by atoms with Gasteiger partial charge in [0.15, 0.2) is 5.96 Å². The maximum absolute atomic E-state index is 5.97. The smallest absolute Gasteiger partial charge is 0.193 e. The third-order valence-electron chi connectivity index (χ3n) is 3.47. The Hall–Kier alpha value is -1.51. The van der Waals surface area contributed by atoms with Gasteiger partial charge in [0.25, 0.3) is 0 Å². The Labute approximate surface area is 109 Å². The van der Waals surface area contributed by atoms with Crippen LogP contribution in [0.4, 0.5) is 5.69 Å². The number of guanidine groups is 1. The molecule has 0 spiro atoms. The van der Waals surface area contributed by atoms with E-state index in [-0.39, 0.29) is 0 Å². The van der Waals surface area contributed by atoms with E-state index in [0.717, 1.165) is 31.0 Å². The van der Waals surface area contributed by atoms with Crippen LogP contribution in [0.5, 0.6) is 0 Å². The van der Waals surface area contributed by atoms with Crippen LogP contribution < -0.4 is 11.1 Å². The lowest BCUT2D eigenvalue weighted by molar-refractivity contribution is 0.846. The fourth-order valence-electron chi connectivity index (χ4n) is 2.10. The van der Waals surface area contributed by atoms with Crippen LogP contribution in [-0.4, -0.2) is 12.5 Å². The molecule has 1 fully saturated rings. The van der Waals surface area contributed by atoms with Crippen LogP contribution in [0.3, 0.4) is 0 Å². The quantitative estimate of drug-likeness (QED) is 0.619. The number of nitrogens with zero attached hydrogens (tertiary/aromatic N) is 1. The fraction of sp³-hybridized carbons (Fsp3) is 0.533. The Kier molecular flexibility index (Phi) is 4.24. The van der Waals surface area contributed by atoms with Crippen molar-refractivity contribution in [1.29, 1.82) is 0 Å². The Bertz CT molecular complexity index is 411. The van der Waals surface area contributed by atoms with Crippen molar-refractivity contribution < 1.29 is 0 Å². The first-order valence-corrected chi connectivity index (χ1v) is 6.92. The lowest BCUT2D eigenvalue weighted by Gasteiger charge is -2.14. The summed E-state index contributed by atoms with van der Waals surface area (Å²) < 4.78 is 0. The monoisotopic (exact) mass is 245 g/mol. The summed E-state index contributed by atoms with van der Waals surface area (Å²) in [5.74, 6) is 1.33. The Morgan fingerprint density at radius 3 is 2.39 bits per heavy atom. The van der Waals surface area contributed by atoms with Crippen molar-refractivity contribution in [3.63, 3.8) is 0 Å². The van der Waals surface area contributed by atoms with E-state index in [4.69, 9.17) is 5.73 Å². The SMILES string of the molecule is CCc1cccc(CC)c1NC(N)=NCC1CC1. The number of aryl methyl sites for hydroxylation is 2. The molecule has 0 saturated heterocycles. The van der Waals surface area contributed by atoms with E-state index in [0.29, 0.717) is 5.96 Å². The van der Waals surface area contributed by atoms with Gasteiger partial charge in [0.2, 0.25) is 0 Å². The van der Waals surface area contributed by atoms with Crippen molar-refractivity contribution in [2.75, 3.05) is 11.9 Å². The van der Waals surface area contributed by atoms with Crippen LogP contribution in [-0.2, 0) is 12.8 Å². The van der Waals surface area contributed by atoms with E-state index in [9.17, 15) is 0 Å². The van der Waals surface area contributed by atoms with Crippen LogP contribution in [0.1, 0.15) is 37.8 Å². The molecule has 1 aliphatic carbocycles. The number of nitrogens with two attached hydrogens (primary N) is 1. The van der Waals surface area contributed by atoms with Gasteiger partial charge in [-0.05, 0) is 42.7 Å². The summed E-state index contributed by atoms with van der Waals surface area (Å²) in [6.45, 7) is 5.20. The second-order valence-electron chi connectivity index (χ2n) is 4.95. The van der Waals surface area contributed by atoms with Gasteiger partial charge in [-0.15, -0.1) is 0 Å². The van der Waals surface area contributed by atoms with E-state index in [1.807, 2.05) is 0 Å². The second-order valence-corrected chi connectivity index (χ2v) is 4.95. The second kappa shape index (κ2) is 5.89. The predicted molar refractivity (Wildman–Crippen MR) is 78.0 cm³/mol. The third kappa shape index (κ3) is 3.25. The molecule has 3 N–H and O–H groups in total. The molecule has 1 aliphatic rings. The van der Waals surface area contributed by atoms with Crippen molar-refractivity contribution in [1.82, 2.24) is 0 Å². The molecule has 0 amide bonds. The van der Waals surface area contributed by atoms with Crippen molar-refractivity contribution in [2.24, 2.45) is 16.6 Å². The highest BCUT2D eigenvalue weighted by Gasteiger charge is 2.20. The first-order valence-electron chi connectivity index (χ1n) is 6.92. The molecule has 1 saturated carbocycles. The predicted octanol–water partition coefficient (Wildman–Crippen LogP) is 2.95. The molecular weight excluding hydrogens is 222 g/mol. The van der Waals surface area contributed by atoms with Crippen LogP contribution in [0.2, 0.25) is 0 Å². The highest BCUT2D eigenvalue weighted by Crippen LogP contribution is 2.29. The van der Waals surface area contributed by atoms with E-state index in [1.54, 1.807) is 0 Å². The van der Waals surface area contributed by atoms with Gasteiger partial charge in [0.1, 0.15) is 0 Å². The molecule has 0 radical (unpaired) electrons. The summed E-state index contributed by atoms with van der Waals surface area (Å²) in [4.78, 5) is 4.42. The van der Waals surface area contributed by atoms with E-state index in [2.05, 4.69) is 42.4 Å². The molecule has 2 rings (SSSR count). The van der Waals surface area contributed by atoms with Crippen LogP contribution in [0, 0.1) is 5.92 Å². The highest BCUT2D eigenvalue weighted by molar-refractivity contribution is 5.93. The van der Waals surface area contributed by atoms with Crippen molar-refractivity contribution in [3.05, 3.63) is 29.3 Å². The maximum atomic E-state index is 5.97. The average Bonchev–Trinajstić information content (AvgIpc) is 3.20. The zero-order valence-electron chi connectivity index (χ0n) is 11.4. The zero-order valence-corrected chi connectivity index (χ0v) is 11.4. The van der Waals surface area contributed by atoms with Gasteiger partial charge < -0.3 is 11.1 Å². The summed E-state index contributed by atoms with van der Waals surface area (Å²) in [5.41, 5.74) is 9.73. The van der Waals surface area contributed by atoms with E-state index >= 15 is 0 Å². The minimum absolute atomic E-state index is 0.553. The number of anilines is 1. The molecule has 98 valence electrons. The summed E-state index contributed by atoms with van der Waals surface area (Å²) >= 11 is 0. The molecule has 0 aliphatic heterocycles. The van der Waals surface area contributed by atoms with Gasteiger partial charge in [-0.2, -0.15) is 0 Å². The lowest BCUT2D eigenvalue weighted by atomic mass is 10.0. The Balaban J connectivity index is 2.12. The van der Waals surface area contributed by atoms with Gasteiger partial charge in [-0.3, -0.25) is 4.99 Å². The molecule has 1 aromatic rings. The largest absolute Gasteiger partial charge is 0.370 e. The van der Waals surface area contributed by atoms with Gasteiger partial charge in [0, 0.05) is 12.2 Å².